The van der Waals surface area contributed by atoms with E-state index in [2.05, 4.69) is 26.0 Å². The van der Waals surface area contributed by atoms with Crippen LogP contribution in [0.3, 0.4) is 0 Å². The molecule has 7 heteroatoms. The maximum atomic E-state index is 12.1. The summed E-state index contributed by atoms with van der Waals surface area (Å²) < 4.78 is 27.0. The van der Waals surface area contributed by atoms with Gasteiger partial charge in [0.25, 0.3) is 0 Å². The maximum absolute atomic E-state index is 12.1. The highest BCUT2D eigenvalue weighted by Crippen LogP contribution is 2.20. The molecule has 23 heavy (non-hydrogen) atoms. The van der Waals surface area contributed by atoms with Crippen molar-refractivity contribution in [2.75, 3.05) is 13.1 Å². The van der Waals surface area contributed by atoms with Crippen LogP contribution in [0.25, 0.3) is 0 Å². The highest BCUT2D eigenvalue weighted by Gasteiger charge is 2.17. The number of nitrogens with one attached hydrogen (secondary N) is 2. The van der Waals surface area contributed by atoms with Crippen LogP contribution in [0.4, 0.5) is 0 Å². The van der Waals surface area contributed by atoms with Gasteiger partial charge < -0.3 is 5.32 Å². The molecule has 0 atom stereocenters. The van der Waals surface area contributed by atoms with Gasteiger partial charge in [-0.15, -0.1) is 0 Å². The molecule has 2 aromatic rings. The third-order valence-electron chi connectivity index (χ3n) is 3.13. The van der Waals surface area contributed by atoms with E-state index in [1.165, 1.54) is 6.07 Å². The molecule has 0 aliphatic heterocycles. The van der Waals surface area contributed by atoms with E-state index in [9.17, 15) is 13.2 Å². The van der Waals surface area contributed by atoms with Crippen molar-refractivity contribution in [2.45, 2.75) is 11.3 Å². The lowest BCUT2D eigenvalue weighted by Crippen LogP contribution is -2.37. The predicted octanol–water partition coefficient (Wildman–Crippen LogP) is 2.09. The van der Waals surface area contributed by atoms with Crippen molar-refractivity contribution < 1.29 is 13.2 Å². The minimum Gasteiger partial charge on any atom is -0.355 e. The van der Waals surface area contributed by atoms with Gasteiger partial charge >= 0.3 is 0 Å². The van der Waals surface area contributed by atoms with Gasteiger partial charge in [-0.25, -0.2) is 13.1 Å². The summed E-state index contributed by atoms with van der Waals surface area (Å²) in [4.78, 5) is 11.9. The molecule has 0 aromatic heterocycles. The minimum atomic E-state index is -3.72. The van der Waals surface area contributed by atoms with E-state index in [1.807, 2.05) is 30.3 Å². The van der Waals surface area contributed by atoms with E-state index < -0.39 is 10.0 Å². The first-order valence-corrected chi connectivity index (χ1v) is 9.31. The van der Waals surface area contributed by atoms with Crippen LogP contribution < -0.4 is 10.0 Å². The van der Waals surface area contributed by atoms with Crippen LogP contribution in [-0.4, -0.2) is 27.4 Å². The van der Waals surface area contributed by atoms with Gasteiger partial charge in [0.2, 0.25) is 15.9 Å². The summed E-state index contributed by atoms with van der Waals surface area (Å²) in [6.07, 6.45) is 0.698. The average molecular weight is 397 g/mol. The predicted molar refractivity (Wildman–Crippen MR) is 92.5 cm³/mol. The van der Waals surface area contributed by atoms with Crippen molar-refractivity contribution in [3.05, 3.63) is 64.6 Å². The van der Waals surface area contributed by atoms with E-state index in [-0.39, 0.29) is 17.3 Å². The summed E-state index contributed by atoms with van der Waals surface area (Å²) >= 11 is 3.19. The van der Waals surface area contributed by atoms with Gasteiger partial charge in [0.1, 0.15) is 0 Å². The Morgan fingerprint density at radius 1 is 1.00 bits per heavy atom. The smallest absolute Gasteiger partial charge is 0.242 e. The number of carbonyl (C=O) groups is 1. The quantitative estimate of drug-likeness (QED) is 0.752. The van der Waals surface area contributed by atoms with Crippen molar-refractivity contribution in [1.82, 2.24) is 10.0 Å². The molecule has 0 unspecified atom stereocenters. The van der Waals surface area contributed by atoms with Gasteiger partial charge in [0.05, 0.1) is 11.4 Å². The standard InChI is InChI=1S/C16H17BrN2O3S/c17-14-8-4-5-9-15(14)23(21,22)19-12-16(20)18-11-10-13-6-2-1-3-7-13/h1-9,19H,10-12H2,(H,18,20). The highest BCUT2D eigenvalue weighted by atomic mass is 79.9. The third kappa shape index (κ3) is 5.46. The first kappa shape index (κ1) is 17.7. The van der Waals surface area contributed by atoms with Crippen LogP contribution >= 0.6 is 15.9 Å². The maximum Gasteiger partial charge on any atom is 0.242 e. The van der Waals surface area contributed by atoms with Crippen LogP contribution in [0.5, 0.6) is 0 Å². The first-order chi connectivity index (χ1) is 11.0. The molecular weight excluding hydrogens is 380 g/mol. The zero-order valence-electron chi connectivity index (χ0n) is 12.3. The second-order valence-corrected chi connectivity index (χ2v) is 7.43. The van der Waals surface area contributed by atoms with Gasteiger partial charge in [0.15, 0.2) is 0 Å². The van der Waals surface area contributed by atoms with E-state index >= 15 is 0 Å². The normalized spacial score (nSPS) is 11.2. The van der Waals surface area contributed by atoms with Crippen molar-refractivity contribution in [1.29, 1.82) is 0 Å². The lowest BCUT2D eigenvalue weighted by Gasteiger charge is -2.09. The molecule has 0 spiro atoms. The number of carbonyl (C=O) groups excluding carboxylic acids is 1. The fourth-order valence-electron chi connectivity index (χ4n) is 1.95. The monoisotopic (exact) mass is 396 g/mol. The van der Waals surface area contributed by atoms with Gasteiger partial charge in [-0.2, -0.15) is 0 Å². The summed E-state index contributed by atoms with van der Waals surface area (Å²) in [7, 11) is -3.72. The molecule has 0 aliphatic carbocycles. The number of hydrogen-bond acceptors (Lipinski definition) is 3. The zero-order valence-corrected chi connectivity index (χ0v) is 14.7. The number of rotatable bonds is 7. The van der Waals surface area contributed by atoms with Crippen LogP contribution in [0.15, 0.2) is 64.0 Å². The first-order valence-electron chi connectivity index (χ1n) is 7.04. The van der Waals surface area contributed by atoms with Crippen molar-refractivity contribution in [3.8, 4) is 0 Å². The largest absolute Gasteiger partial charge is 0.355 e. The molecule has 122 valence electrons. The Morgan fingerprint density at radius 2 is 1.65 bits per heavy atom. The molecule has 0 saturated carbocycles. The SMILES string of the molecule is O=C(CNS(=O)(=O)c1ccccc1Br)NCCc1ccccc1. The molecule has 5 nitrogen and oxygen atoms in total. The summed E-state index contributed by atoms with van der Waals surface area (Å²) in [5.41, 5.74) is 1.11. The Labute approximate surface area is 144 Å². The minimum absolute atomic E-state index is 0.108. The summed E-state index contributed by atoms with van der Waals surface area (Å²) in [5.74, 6) is -0.364. The topological polar surface area (TPSA) is 75.3 Å². The molecule has 0 saturated heterocycles. The fourth-order valence-corrected chi connectivity index (χ4v) is 3.94. The van der Waals surface area contributed by atoms with Gasteiger partial charge in [0, 0.05) is 11.0 Å². The van der Waals surface area contributed by atoms with E-state index in [0.29, 0.717) is 17.4 Å². The molecule has 0 radical (unpaired) electrons. The molecule has 2 aromatic carbocycles. The molecule has 2 N–H and O–H groups in total. The number of halogens is 1. The molecule has 0 heterocycles. The average Bonchev–Trinajstić information content (AvgIpc) is 2.54. The Balaban J connectivity index is 1.81. The van der Waals surface area contributed by atoms with E-state index in [1.54, 1.807) is 18.2 Å². The van der Waals surface area contributed by atoms with E-state index in [0.717, 1.165) is 5.56 Å². The Hall–Kier alpha value is -1.70. The lowest BCUT2D eigenvalue weighted by molar-refractivity contribution is -0.119. The number of amides is 1. The number of hydrogen-bond donors (Lipinski definition) is 2. The van der Waals surface area contributed by atoms with Crippen LogP contribution in [0.2, 0.25) is 0 Å². The molecule has 1 amide bonds. The summed E-state index contributed by atoms with van der Waals surface area (Å²) in [6.45, 7) is 0.165. The van der Waals surface area contributed by atoms with Crippen molar-refractivity contribution >= 4 is 31.9 Å². The van der Waals surface area contributed by atoms with Gasteiger partial charge in [-0.05, 0) is 40.0 Å². The molecule has 0 bridgehead atoms. The van der Waals surface area contributed by atoms with Gasteiger partial charge in [-0.1, -0.05) is 42.5 Å². The van der Waals surface area contributed by atoms with Crippen LogP contribution in [-0.2, 0) is 21.2 Å². The second kappa shape index (κ2) is 8.24. The second-order valence-electron chi connectivity index (χ2n) is 4.84. The van der Waals surface area contributed by atoms with Crippen molar-refractivity contribution in [2.24, 2.45) is 0 Å². The summed E-state index contributed by atoms with van der Waals surface area (Å²) in [5, 5.41) is 2.69. The number of sulfonamides is 1. The molecule has 0 fully saturated rings. The lowest BCUT2D eigenvalue weighted by atomic mass is 10.1. The fraction of sp³-hybridized carbons (Fsp3) is 0.188. The Morgan fingerprint density at radius 3 is 2.35 bits per heavy atom. The Kier molecular flexibility index (Phi) is 6.32. The Bertz CT molecular complexity index is 764. The van der Waals surface area contributed by atoms with E-state index in [4.69, 9.17) is 0 Å². The van der Waals surface area contributed by atoms with Crippen molar-refractivity contribution in [3.63, 3.8) is 0 Å². The van der Waals surface area contributed by atoms with Crippen LogP contribution in [0, 0.1) is 0 Å². The molecular formula is C16H17BrN2O3S. The highest BCUT2D eigenvalue weighted by molar-refractivity contribution is 9.10. The van der Waals surface area contributed by atoms with Gasteiger partial charge in [-0.3, -0.25) is 4.79 Å². The zero-order chi connectivity index (χ0) is 16.7. The van der Waals surface area contributed by atoms with Crippen LogP contribution in [0.1, 0.15) is 5.56 Å². The number of benzene rings is 2. The molecule has 2 rings (SSSR count). The molecule has 0 aliphatic rings. The third-order valence-corrected chi connectivity index (χ3v) is 5.54. The summed E-state index contributed by atoms with van der Waals surface area (Å²) in [6, 6.07) is 16.2.